The maximum absolute atomic E-state index is 11.7. The van der Waals surface area contributed by atoms with Crippen LogP contribution in [0, 0.1) is 5.41 Å². The number of esters is 1. The smallest absolute Gasteiger partial charge is 0.357 e. The molecule has 4 nitrogen and oxygen atoms in total. The first-order valence-electron chi connectivity index (χ1n) is 7.11. The van der Waals surface area contributed by atoms with Crippen LogP contribution in [0.15, 0.2) is 5.38 Å². The van der Waals surface area contributed by atoms with Crippen LogP contribution >= 0.6 is 11.3 Å². The molecular formula is C15H23NO3S. The largest absolute Gasteiger partial charge is 0.461 e. The molecular weight excluding hydrogens is 274 g/mol. The summed E-state index contributed by atoms with van der Waals surface area (Å²) >= 11 is 1.50. The molecule has 0 N–H and O–H groups in total. The van der Waals surface area contributed by atoms with E-state index in [-0.39, 0.29) is 11.6 Å². The zero-order valence-electron chi connectivity index (χ0n) is 12.7. The van der Waals surface area contributed by atoms with E-state index in [0.29, 0.717) is 17.7 Å². The first-order chi connectivity index (χ1) is 9.42. The van der Waals surface area contributed by atoms with E-state index in [0.717, 1.165) is 30.7 Å². The minimum atomic E-state index is -0.350. The van der Waals surface area contributed by atoms with Gasteiger partial charge in [-0.2, -0.15) is 0 Å². The Labute approximate surface area is 124 Å². The lowest BCUT2D eigenvalue weighted by Crippen LogP contribution is -2.36. The molecule has 0 atom stereocenters. The molecule has 0 aliphatic heterocycles. The molecule has 112 valence electrons. The summed E-state index contributed by atoms with van der Waals surface area (Å²) in [5.74, 6) is -0.350. The van der Waals surface area contributed by atoms with E-state index in [1.165, 1.54) is 11.3 Å². The van der Waals surface area contributed by atoms with Gasteiger partial charge < -0.3 is 9.47 Å². The standard InChI is InChI=1S/C15H23NO3S/c1-5-19-12(17)11-10-20-13(16-11)15(18-4)8-6-14(2,3)7-9-15/h10H,5-9H2,1-4H3. The van der Waals surface area contributed by atoms with Gasteiger partial charge in [0.2, 0.25) is 0 Å². The zero-order chi connectivity index (χ0) is 14.8. The summed E-state index contributed by atoms with van der Waals surface area (Å²) < 4.78 is 10.8. The molecule has 2 rings (SSSR count). The topological polar surface area (TPSA) is 48.4 Å². The van der Waals surface area contributed by atoms with Crippen molar-refractivity contribution in [3.8, 4) is 0 Å². The van der Waals surface area contributed by atoms with E-state index in [4.69, 9.17) is 9.47 Å². The molecule has 1 saturated carbocycles. The Morgan fingerprint density at radius 1 is 1.35 bits per heavy atom. The lowest BCUT2D eigenvalue weighted by Gasteiger charge is -2.41. The Morgan fingerprint density at radius 3 is 2.55 bits per heavy atom. The van der Waals surface area contributed by atoms with Crippen molar-refractivity contribution in [2.75, 3.05) is 13.7 Å². The van der Waals surface area contributed by atoms with Crippen LogP contribution in [0.4, 0.5) is 0 Å². The summed E-state index contributed by atoms with van der Waals surface area (Å²) in [4.78, 5) is 16.2. The number of nitrogens with zero attached hydrogens (tertiary/aromatic N) is 1. The van der Waals surface area contributed by atoms with Gasteiger partial charge in [0.1, 0.15) is 10.6 Å². The second-order valence-corrected chi connectivity index (χ2v) is 6.98. The highest BCUT2D eigenvalue weighted by atomic mass is 32.1. The number of carbonyl (C=O) groups excluding carboxylic acids is 1. The van der Waals surface area contributed by atoms with Crippen molar-refractivity contribution in [2.24, 2.45) is 5.41 Å². The van der Waals surface area contributed by atoms with Gasteiger partial charge in [0.05, 0.1) is 6.61 Å². The van der Waals surface area contributed by atoms with Crippen molar-refractivity contribution in [3.05, 3.63) is 16.1 Å². The average Bonchev–Trinajstić information content (AvgIpc) is 2.90. The minimum Gasteiger partial charge on any atom is -0.461 e. The third-order valence-corrected chi connectivity index (χ3v) is 5.21. The summed E-state index contributed by atoms with van der Waals surface area (Å²) in [6.45, 7) is 6.75. The summed E-state index contributed by atoms with van der Waals surface area (Å²) in [5, 5.41) is 2.67. The van der Waals surface area contributed by atoms with Gasteiger partial charge in [-0.05, 0) is 38.0 Å². The highest BCUT2D eigenvalue weighted by Gasteiger charge is 2.42. The molecule has 1 heterocycles. The number of hydrogen-bond acceptors (Lipinski definition) is 5. The first kappa shape index (κ1) is 15.4. The second kappa shape index (κ2) is 5.82. The Bertz CT molecular complexity index is 471. The van der Waals surface area contributed by atoms with E-state index >= 15 is 0 Å². The van der Waals surface area contributed by atoms with Crippen molar-refractivity contribution >= 4 is 17.3 Å². The van der Waals surface area contributed by atoms with Gasteiger partial charge in [-0.1, -0.05) is 13.8 Å². The molecule has 0 unspecified atom stereocenters. The van der Waals surface area contributed by atoms with Crippen LogP contribution in [0.3, 0.4) is 0 Å². The van der Waals surface area contributed by atoms with Crippen LogP contribution in [0.5, 0.6) is 0 Å². The fourth-order valence-electron chi connectivity index (χ4n) is 2.62. The van der Waals surface area contributed by atoms with E-state index in [1.807, 2.05) is 0 Å². The Hall–Kier alpha value is -0.940. The third kappa shape index (κ3) is 3.04. The molecule has 1 aromatic rings. The van der Waals surface area contributed by atoms with E-state index in [9.17, 15) is 4.79 Å². The maximum atomic E-state index is 11.7. The first-order valence-corrected chi connectivity index (χ1v) is 7.99. The predicted octanol–water partition coefficient (Wildman–Crippen LogP) is 3.76. The van der Waals surface area contributed by atoms with Crippen molar-refractivity contribution < 1.29 is 14.3 Å². The number of aromatic nitrogens is 1. The molecule has 5 heteroatoms. The average molecular weight is 297 g/mol. The molecule has 0 radical (unpaired) electrons. The normalized spacial score (nSPS) is 20.6. The molecule has 1 aromatic heterocycles. The van der Waals surface area contributed by atoms with E-state index < -0.39 is 0 Å². The number of carbonyl (C=O) groups is 1. The van der Waals surface area contributed by atoms with Gasteiger partial charge >= 0.3 is 5.97 Å². The number of hydrogen-bond donors (Lipinski definition) is 0. The molecule has 0 amide bonds. The molecule has 0 saturated heterocycles. The predicted molar refractivity (Wildman–Crippen MR) is 79.0 cm³/mol. The fraction of sp³-hybridized carbons (Fsp3) is 0.733. The number of methoxy groups -OCH3 is 1. The molecule has 1 fully saturated rings. The molecule has 0 bridgehead atoms. The zero-order valence-corrected chi connectivity index (χ0v) is 13.5. The van der Waals surface area contributed by atoms with Crippen molar-refractivity contribution in [2.45, 2.75) is 52.1 Å². The molecule has 1 aliphatic rings. The van der Waals surface area contributed by atoms with E-state index in [2.05, 4.69) is 18.8 Å². The second-order valence-electron chi connectivity index (χ2n) is 6.12. The number of thiazole rings is 1. The lowest BCUT2D eigenvalue weighted by atomic mass is 9.71. The Morgan fingerprint density at radius 2 is 2.00 bits per heavy atom. The van der Waals surface area contributed by atoms with Crippen molar-refractivity contribution in [1.82, 2.24) is 4.98 Å². The highest BCUT2D eigenvalue weighted by Crippen LogP contribution is 2.47. The monoisotopic (exact) mass is 297 g/mol. The van der Waals surface area contributed by atoms with Gasteiger partial charge in [0.15, 0.2) is 5.69 Å². The molecule has 1 aliphatic carbocycles. The third-order valence-electron chi connectivity index (χ3n) is 4.18. The Kier molecular flexibility index (Phi) is 4.49. The Balaban J connectivity index is 2.19. The quantitative estimate of drug-likeness (QED) is 0.794. The minimum absolute atomic E-state index is 0.328. The lowest BCUT2D eigenvalue weighted by molar-refractivity contribution is -0.0668. The van der Waals surface area contributed by atoms with Gasteiger partial charge in [-0.25, -0.2) is 9.78 Å². The van der Waals surface area contributed by atoms with Gasteiger partial charge in [-0.15, -0.1) is 11.3 Å². The van der Waals surface area contributed by atoms with Crippen LogP contribution in [0.25, 0.3) is 0 Å². The number of ether oxygens (including phenoxy) is 2. The van der Waals surface area contributed by atoms with Gasteiger partial charge in [0.25, 0.3) is 0 Å². The summed E-state index contributed by atoms with van der Waals surface area (Å²) in [7, 11) is 1.74. The van der Waals surface area contributed by atoms with Crippen molar-refractivity contribution in [3.63, 3.8) is 0 Å². The molecule has 20 heavy (non-hydrogen) atoms. The SMILES string of the molecule is CCOC(=O)c1csc(C2(OC)CCC(C)(C)CC2)n1. The number of rotatable bonds is 4. The summed E-state index contributed by atoms with van der Waals surface area (Å²) in [6.07, 6.45) is 4.11. The fourth-order valence-corrected chi connectivity index (χ4v) is 3.64. The van der Waals surface area contributed by atoms with E-state index in [1.54, 1.807) is 19.4 Å². The van der Waals surface area contributed by atoms with Gasteiger partial charge in [-0.3, -0.25) is 0 Å². The van der Waals surface area contributed by atoms with Crippen LogP contribution in [0.2, 0.25) is 0 Å². The maximum Gasteiger partial charge on any atom is 0.357 e. The van der Waals surface area contributed by atoms with Crippen LogP contribution in [0.1, 0.15) is 62.0 Å². The van der Waals surface area contributed by atoms with Crippen LogP contribution < -0.4 is 0 Å². The van der Waals surface area contributed by atoms with Gasteiger partial charge in [0, 0.05) is 12.5 Å². The summed E-state index contributed by atoms with van der Waals surface area (Å²) in [5.41, 5.74) is 0.432. The molecule has 0 spiro atoms. The highest BCUT2D eigenvalue weighted by molar-refractivity contribution is 7.10. The molecule has 0 aromatic carbocycles. The van der Waals surface area contributed by atoms with Crippen LogP contribution in [-0.4, -0.2) is 24.7 Å². The van der Waals surface area contributed by atoms with Crippen molar-refractivity contribution in [1.29, 1.82) is 0 Å². The summed E-state index contributed by atoms with van der Waals surface area (Å²) in [6, 6.07) is 0. The van der Waals surface area contributed by atoms with Crippen LogP contribution in [-0.2, 0) is 15.1 Å².